The number of halogens is 2. The van der Waals surface area contributed by atoms with E-state index in [2.05, 4.69) is 16.4 Å². The van der Waals surface area contributed by atoms with Gasteiger partial charge in [-0.1, -0.05) is 6.08 Å². The number of carbonyl (C=O) groups is 2. The molecule has 0 aliphatic carbocycles. The van der Waals surface area contributed by atoms with Gasteiger partial charge in [0, 0.05) is 44.5 Å². The first kappa shape index (κ1) is 26.1. The van der Waals surface area contributed by atoms with E-state index in [9.17, 15) is 23.6 Å². The minimum absolute atomic E-state index is 0.167. The third kappa shape index (κ3) is 6.54. The number of piperazine rings is 1. The average Bonchev–Trinajstić information content (AvgIpc) is 2.88. The molecule has 0 bridgehead atoms. The Kier molecular flexibility index (Phi) is 8.89. The fourth-order valence-corrected chi connectivity index (χ4v) is 3.66. The molecule has 1 N–H and O–H groups in total. The first-order valence-electron chi connectivity index (χ1n) is 11.1. The number of pyridine rings is 1. The molecule has 2 heterocycles. The van der Waals surface area contributed by atoms with E-state index < -0.39 is 23.5 Å². The third-order valence-electron chi connectivity index (χ3n) is 5.38. The smallest absolute Gasteiger partial charge is 0.261 e. The quantitative estimate of drug-likeness (QED) is 0.460. The van der Waals surface area contributed by atoms with Gasteiger partial charge in [-0.15, -0.1) is 0 Å². The van der Waals surface area contributed by atoms with E-state index in [1.807, 2.05) is 4.90 Å². The Labute approximate surface area is 207 Å². The molecule has 1 aromatic carbocycles. The van der Waals surface area contributed by atoms with Gasteiger partial charge in [-0.3, -0.25) is 9.59 Å². The normalized spacial score (nSPS) is 14.5. The van der Waals surface area contributed by atoms with Crippen LogP contribution in [0.5, 0.6) is 5.88 Å². The third-order valence-corrected chi connectivity index (χ3v) is 5.38. The number of allylic oxidation sites excluding steroid dienone is 5. The molecular weight excluding hydrogens is 468 g/mol. The van der Waals surface area contributed by atoms with Crippen LogP contribution < -0.4 is 15.0 Å². The maximum absolute atomic E-state index is 13.9. The largest absolute Gasteiger partial charge is 0.480 e. The van der Waals surface area contributed by atoms with Gasteiger partial charge in [0.15, 0.2) is 0 Å². The molecule has 10 heteroatoms. The summed E-state index contributed by atoms with van der Waals surface area (Å²) in [6, 6.07) is 10.2. The molecule has 2 aromatic rings. The second-order valence-corrected chi connectivity index (χ2v) is 7.73. The van der Waals surface area contributed by atoms with Crippen LogP contribution in [-0.4, -0.2) is 55.0 Å². The summed E-state index contributed by atoms with van der Waals surface area (Å²) >= 11 is 0. The first-order chi connectivity index (χ1) is 17.4. The van der Waals surface area contributed by atoms with Crippen LogP contribution in [0.3, 0.4) is 0 Å². The molecule has 2 amide bonds. The van der Waals surface area contributed by atoms with Crippen LogP contribution in [0.4, 0.5) is 20.2 Å². The molecule has 0 radical (unpaired) electrons. The van der Waals surface area contributed by atoms with Crippen molar-refractivity contribution in [3.05, 3.63) is 83.6 Å². The van der Waals surface area contributed by atoms with Gasteiger partial charge in [-0.05, 0) is 43.3 Å². The summed E-state index contributed by atoms with van der Waals surface area (Å²) in [7, 11) is 1.41. The predicted octanol–water partition coefficient (Wildman–Crippen LogP) is 4.15. The number of anilines is 2. The van der Waals surface area contributed by atoms with Crippen molar-refractivity contribution >= 4 is 23.2 Å². The van der Waals surface area contributed by atoms with Crippen LogP contribution in [-0.2, 0) is 4.79 Å². The van der Waals surface area contributed by atoms with Crippen molar-refractivity contribution in [1.82, 2.24) is 9.88 Å². The number of carbonyl (C=O) groups excluding carboxylic acids is 2. The number of nitrogens with one attached hydrogen (secondary N) is 1. The molecule has 1 aliphatic rings. The minimum Gasteiger partial charge on any atom is -0.480 e. The van der Waals surface area contributed by atoms with E-state index in [0.717, 1.165) is 12.2 Å². The maximum Gasteiger partial charge on any atom is 0.261 e. The number of nitriles is 1. The molecule has 0 atom stereocenters. The van der Waals surface area contributed by atoms with E-state index in [4.69, 9.17) is 4.74 Å². The Hall–Kier alpha value is -4.52. The topological polar surface area (TPSA) is 98.6 Å². The Bertz CT molecular complexity index is 1260. The summed E-state index contributed by atoms with van der Waals surface area (Å²) in [5.74, 6) is -2.61. The molecule has 0 unspecified atom stereocenters. The fourth-order valence-electron chi connectivity index (χ4n) is 3.66. The van der Waals surface area contributed by atoms with Crippen molar-refractivity contribution in [3.63, 3.8) is 0 Å². The van der Waals surface area contributed by atoms with Gasteiger partial charge in [0.1, 0.15) is 17.2 Å². The second kappa shape index (κ2) is 12.3. The van der Waals surface area contributed by atoms with E-state index in [1.54, 1.807) is 37.3 Å². The van der Waals surface area contributed by atoms with Gasteiger partial charge in [0.2, 0.25) is 11.8 Å². The predicted molar refractivity (Wildman–Crippen MR) is 132 cm³/mol. The lowest BCUT2D eigenvalue weighted by molar-refractivity contribution is -0.126. The Morgan fingerprint density at radius 1 is 1.14 bits per heavy atom. The van der Waals surface area contributed by atoms with Gasteiger partial charge < -0.3 is 19.9 Å². The SMILES string of the molecule is C\C=C/C(F)=C\C(F)=C\C(=O)N1CCN(c2ccc(C#N)cc2NC(=O)c2cccnc2OC)CC1. The molecule has 8 nitrogen and oxygen atoms in total. The number of hydrogen-bond acceptors (Lipinski definition) is 6. The number of ether oxygens (including phenoxy) is 1. The first-order valence-corrected chi connectivity index (χ1v) is 11.1. The highest BCUT2D eigenvalue weighted by Gasteiger charge is 2.23. The lowest BCUT2D eigenvalue weighted by Gasteiger charge is -2.36. The lowest BCUT2D eigenvalue weighted by atomic mass is 10.1. The zero-order valence-electron chi connectivity index (χ0n) is 19.9. The molecular formula is C26H25F2N5O3. The average molecular weight is 494 g/mol. The number of rotatable bonds is 7. The number of benzene rings is 1. The Morgan fingerprint density at radius 3 is 2.56 bits per heavy atom. The highest BCUT2D eigenvalue weighted by atomic mass is 19.1. The monoisotopic (exact) mass is 493 g/mol. The summed E-state index contributed by atoms with van der Waals surface area (Å²) in [4.78, 5) is 32.8. The fraction of sp³-hybridized carbons (Fsp3) is 0.231. The Balaban J connectivity index is 1.74. The zero-order chi connectivity index (χ0) is 26.1. The van der Waals surface area contributed by atoms with E-state index >= 15 is 0 Å². The molecule has 0 spiro atoms. The van der Waals surface area contributed by atoms with Gasteiger partial charge in [0.05, 0.1) is 30.1 Å². The van der Waals surface area contributed by atoms with E-state index in [-0.39, 0.29) is 24.5 Å². The van der Waals surface area contributed by atoms with Crippen LogP contribution in [0.2, 0.25) is 0 Å². The Morgan fingerprint density at radius 2 is 1.89 bits per heavy atom. The molecule has 3 rings (SSSR count). The lowest BCUT2D eigenvalue weighted by Crippen LogP contribution is -2.48. The summed E-state index contributed by atoms with van der Waals surface area (Å²) in [5.41, 5.74) is 1.67. The van der Waals surface area contributed by atoms with Gasteiger partial charge in [0.25, 0.3) is 5.91 Å². The second-order valence-electron chi connectivity index (χ2n) is 7.73. The number of methoxy groups -OCH3 is 1. The van der Waals surface area contributed by atoms with Crippen LogP contribution in [0.25, 0.3) is 0 Å². The summed E-state index contributed by atoms with van der Waals surface area (Å²) in [6.07, 6.45) is 5.43. The molecule has 1 aliphatic heterocycles. The maximum atomic E-state index is 13.9. The molecule has 1 aromatic heterocycles. The van der Waals surface area contributed by atoms with Crippen LogP contribution in [0.1, 0.15) is 22.8 Å². The summed E-state index contributed by atoms with van der Waals surface area (Å²) < 4.78 is 32.5. The van der Waals surface area contributed by atoms with Crippen molar-refractivity contribution in [2.45, 2.75) is 6.92 Å². The molecule has 36 heavy (non-hydrogen) atoms. The molecule has 1 fully saturated rings. The van der Waals surface area contributed by atoms with Gasteiger partial charge in [-0.25, -0.2) is 13.8 Å². The highest BCUT2D eigenvalue weighted by Crippen LogP contribution is 2.29. The van der Waals surface area contributed by atoms with E-state index in [0.29, 0.717) is 36.1 Å². The van der Waals surface area contributed by atoms with Crippen LogP contribution in [0.15, 0.2) is 72.5 Å². The van der Waals surface area contributed by atoms with Crippen LogP contribution >= 0.6 is 0 Å². The van der Waals surface area contributed by atoms with E-state index in [1.165, 1.54) is 24.3 Å². The van der Waals surface area contributed by atoms with Gasteiger partial charge >= 0.3 is 0 Å². The summed E-state index contributed by atoms with van der Waals surface area (Å²) in [5, 5.41) is 12.2. The van der Waals surface area contributed by atoms with Crippen molar-refractivity contribution in [2.24, 2.45) is 0 Å². The standard InChI is InChI=1S/C26H25F2N5O3/c1-3-5-19(27)15-20(28)16-24(34)33-12-10-32(11-13-33)23-8-7-18(17-29)14-22(23)31-25(35)21-6-4-9-30-26(21)36-2/h3-9,14-16H,10-13H2,1-2H3,(H,31,35)/b5-3-,19-15+,20-16-. The van der Waals surface area contributed by atoms with Gasteiger partial charge in [-0.2, -0.15) is 5.26 Å². The number of amides is 2. The number of hydrogen-bond donors (Lipinski definition) is 1. The highest BCUT2D eigenvalue weighted by molar-refractivity contribution is 6.07. The number of nitrogens with zero attached hydrogens (tertiary/aromatic N) is 4. The summed E-state index contributed by atoms with van der Waals surface area (Å²) in [6.45, 7) is 2.96. The van der Waals surface area contributed by atoms with Crippen molar-refractivity contribution in [3.8, 4) is 11.9 Å². The minimum atomic E-state index is -0.971. The zero-order valence-corrected chi connectivity index (χ0v) is 19.9. The van der Waals surface area contributed by atoms with Crippen LogP contribution in [0, 0.1) is 11.3 Å². The molecule has 186 valence electrons. The molecule has 0 saturated carbocycles. The van der Waals surface area contributed by atoms with Crippen molar-refractivity contribution in [1.29, 1.82) is 5.26 Å². The van der Waals surface area contributed by atoms with Crippen molar-refractivity contribution in [2.75, 3.05) is 43.5 Å². The van der Waals surface area contributed by atoms with Crippen molar-refractivity contribution < 1.29 is 23.1 Å². The molecule has 1 saturated heterocycles. The number of aromatic nitrogens is 1.